The topological polar surface area (TPSA) is 49.8 Å². The number of hydrogen-bond acceptors (Lipinski definition) is 3. The maximum Gasteiger partial charge on any atom is 0.328 e. The summed E-state index contributed by atoms with van der Waals surface area (Å²) in [6, 6.07) is 4.78. The fraction of sp³-hybridized carbons (Fsp3) is 0.400. The largest absolute Gasteiger partial charge is 0.478 e. The minimum atomic E-state index is -1.04. The summed E-state index contributed by atoms with van der Waals surface area (Å²) in [7, 11) is 1.67. The number of carboxylic acid groups (broad SMARTS) is 1. The fourth-order valence-corrected chi connectivity index (χ4v) is 2.47. The number of nitrogens with zero attached hydrogens (tertiary/aromatic N) is 1. The molecule has 0 aromatic heterocycles. The van der Waals surface area contributed by atoms with Gasteiger partial charge in [-0.2, -0.15) is 0 Å². The SMILES string of the molecule is COCC1CCN(c2ccc(C=CC(=O)O)cc2F)C1. The first-order chi connectivity index (χ1) is 9.60. The van der Waals surface area contributed by atoms with E-state index in [4.69, 9.17) is 9.84 Å². The predicted molar refractivity (Wildman–Crippen MR) is 75.3 cm³/mol. The lowest BCUT2D eigenvalue weighted by Gasteiger charge is -2.19. The second-order valence-electron chi connectivity index (χ2n) is 4.94. The van der Waals surface area contributed by atoms with Crippen LogP contribution in [0, 0.1) is 11.7 Å². The normalized spacial score (nSPS) is 18.9. The number of carboxylic acids is 1. The molecule has 20 heavy (non-hydrogen) atoms. The van der Waals surface area contributed by atoms with E-state index in [1.165, 1.54) is 12.1 Å². The highest BCUT2D eigenvalue weighted by molar-refractivity contribution is 5.85. The first kappa shape index (κ1) is 14.5. The van der Waals surface area contributed by atoms with Crippen molar-refractivity contribution in [2.45, 2.75) is 6.42 Å². The van der Waals surface area contributed by atoms with Gasteiger partial charge in [0.25, 0.3) is 0 Å². The monoisotopic (exact) mass is 279 g/mol. The van der Waals surface area contributed by atoms with Crippen LogP contribution < -0.4 is 4.90 Å². The predicted octanol–water partition coefficient (Wildman–Crippen LogP) is 2.40. The van der Waals surface area contributed by atoms with Crippen molar-refractivity contribution in [1.29, 1.82) is 0 Å². The zero-order chi connectivity index (χ0) is 14.5. The molecule has 1 aliphatic heterocycles. The van der Waals surface area contributed by atoms with E-state index >= 15 is 0 Å². The molecule has 5 heteroatoms. The Balaban J connectivity index is 2.08. The van der Waals surface area contributed by atoms with Crippen molar-refractivity contribution < 1.29 is 19.0 Å². The number of halogens is 1. The van der Waals surface area contributed by atoms with E-state index in [1.54, 1.807) is 19.2 Å². The first-order valence-corrected chi connectivity index (χ1v) is 6.54. The summed E-state index contributed by atoms with van der Waals surface area (Å²) in [6.45, 7) is 2.29. The number of rotatable bonds is 5. The zero-order valence-electron chi connectivity index (χ0n) is 11.4. The number of methoxy groups -OCH3 is 1. The molecular formula is C15H18FNO3. The molecule has 1 saturated heterocycles. The number of benzene rings is 1. The molecule has 1 aliphatic rings. The highest BCUT2D eigenvalue weighted by Crippen LogP contribution is 2.27. The van der Waals surface area contributed by atoms with Crippen LogP contribution >= 0.6 is 0 Å². The summed E-state index contributed by atoms with van der Waals surface area (Å²) in [6.07, 6.45) is 3.37. The van der Waals surface area contributed by atoms with Crippen molar-refractivity contribution in [3.63, 3.8) is 0 Å². The van der Waals surface area contributed by atoms with E-state index in [2.05, 4.69) is 0 Å². The molecule has 0 radical (unpaired) electrons. The molecule has 2 rings (SSSR count). The van der Waals surface area contributed by atoms with Gasteiger partial charge >= 0.3 is 5.97 Å². The molecule has 1 aromatic carbocycles. The van der Waals surface area contributed by atoms with Gasteiger partial charge < -0.3 is 14.7 Å². The molecule has 1 aromatic rings. The maximum absolute atomic E-state index is 14.1. The second-order valence-corrected chi connectivity index (χ2v) is 4.94. The zero-order valence-corrected chi connectivity index (χ0v) is 11.4. The number of hydrogen-bond donors (Lipinski definition) is 1. The van der Waals surface area contributed by atoms with Gasteiger partial charge in [-0.1, -0.05) is 6.07 Å². The third-order valence-electron chi connectivity index (χ3n) is 3.42. The Labute approximate surface area is 117 Å². The lowest BCUT2D eigenvalue weighted by molar-refractivity contribution is -0.131. The number of anilines is 1. The van der Waals surface area contributed by atoms with Crippen LogP contribution in [0.2, 0.25) is 0 Å². The summed E-state index contributed by atoms with van der Waals surface area (Å²) in [5.41, 5.74) is 1.11. The molecule has 4 nitrogen and oxygen atoms in total. The summed E-state index contributed by atoms with van der Waals surface area (Å²) in [5.74, 6) is -0.932. The Morgan fingerprint density at radius 2 is 2.40 bits per heavy atom. The molecule has 1 N–H and O–H groups in total. The highest BCUT2D eigenvalue weighted by atomic mass is 19.1. The molecule has 1 unspecified atom stereocenters. The van der Waals surface area contributed by atoms with Gasteiger partial charge in [-0.25, -0.2) is 9.18 Å². The van der Waals surface area contributed by atoms with Gasteiger partial charge in [-0.15, -0.1) is 0 Å². The summed E-state index contributed by atoms with van der Waals surface area (Å²) in [4.78, 5) is 12.4. The number of aliphatic carboxylic acids is 1. The van der Waals surface area contributed by atoms with Crippen LogP contribution in [0.1, 0.15) is 12.0 Å². The first-order valence-electron chi connectivity index (χ1n) is 6.54. The molecule has 0 amide bonds. The molecule has 108 valence electrons. The lowest BCUT2D eigenvalue weighted by atomic mass is 10.1. The maximum atomic E-state index is 14.1. The van der Waals surface area contributed by atoms with Crippen LogP contribution in [-0.2, 0) is 9.53 Å². The highest BCUT2D eigenvalue weighted by Gasteiger charge is 2.24. The Kier molecular flexibility index (Phi) is 4.74. The van der Waals surface area contributed by atoms with E-state index in [9.17, 15) is 9.18 Å². The quantitative estimate of drug-likeness (QED) is 0.841. The second kappa shape index (κ2) is 6.52. The fourth-order valence-electron chi connectivity index (χ4n) is 2.47. The average Bonchev–Trinajstić information content (AvgIpc) is 2.85. The van der Waals surface area contributed by atoms with Crippen molar-refractivity contribution in [3.8, 4) is 0 Å². The Morgan fingerprint density at radius 3 is 3.05 bits per heavy atom. The molecule has 1 atom stereocenters. The number of carbonyl (C=O) groups is 1. The van der Waals surface area contributed by atoms with Gasteiger partial charge in [0, 0.05) is 32.2 Å². The van der Waals surface area contributed by atoms with Crippen LogP contribution in [0.5, 0.6) is 0 Å². The van der Waals surface area contributed by atoms with E-state index in [1.807, 2.05) is 4.90 Å². The summed E-state index contributed by atoms with van der Waals surface area (Å²) in [5, 5.41) is 8.55. The minimum Gasteiger partial charge on any atom is -0.478 e. The van der Waals surface area contributed by atoms with Gasteiger partial charge in [0.2, 0.25) is 0 Å². The van der Waals surface area contributed by atoms with Crippen LogP contribution in [0.25, 0.3) is 6.08 Å². The smallest absolute Gasteiger partial charge is 0.328 e. The molecule has 1 heterocycles. The molecule has 0 spiro atoms. The van der Waals surface area contributed by atoms with E-state index in [-0.39, 0.29) is 5.82 Å². The number of ether oxygens (including phenoxy) is 1. The lowest BCUT2D eigenvalue weighted by Crippen LogP contribution is -2.22. The molecule has 1 fully saturated rings. The third kappa shape index (κ3) is 3.57. The van der Waals surface area contributed by atoms with Gasteiger partial charge in [0.15, 0.2) is 0 Å². The van der Waals surface area contributed by atoms with Crippen LogP contribution in [0.3, 0.4) is 0 Å². The Morgan fingerprint density at radius 1 is 1.60 bits per heavy atom. The van der Waals surface area contributed by atoms with Crippen molar-refractivity contribution in [1.82, 2.24) is 0 Å². The Hall–Kier alpha value is -1.88. The van der Waals surface area contributed by atoms with Crippen molar-refractivity contribution in [2.75, 3.05) is 31.7 Å². The molecule has 0 aliphatic carbocycles. The van der Waals surface area contributed by atoms with E-state index in [0.29, 0.717) is 23.8 Å². The van der Waals surface area contributed by atoms with E-state index < -0.39 is 5.97 Å². The van der Waals surface area contributed by atoms with Crippen molar-refractivity contribution >= 4 is 17.7 Å². The van der Waals surface area contributed by atoms with Gasteiger partial charge in [0.1, 0.15) is 5.82 Å². The third-order valence-corrected chi connectivity index (χ3v) is 3.42. The van der Waals surface area contributed by atoms with Crippen molar-refractivity contribution in [3.05, 3.63) is 35.7 Å². The van der Waals surface area contributed by atoms with E-state index in [0.717, 1.165) is 25.6 Å². The van der Waals surface area contributed by atoms with Crippen molar-refractivity contribution in [2.24, 2.45) is 5.92 Å². The average molecular weight is 279 g/mol. The molecule has 0 saturated carbocycles. The van der Waals surface area contributed by atoms with Crippen LogP contribution in [0.4, 0.5) is 10.1 Å². The minimum absolute atomic E-state index is 0.324. The van der Waals surface area contributed by atoms with Gasteiger partial charge in [-0.3, -0.25) is 0 Å². The Bertz CT molecular complexity index is 516. The van der Waals surface area contributed by atoms with Crippen LogP contribution in [-0.4, -0.2) is 37.9 Å². The summed E-state index contributed by atoms with van der Waals surface area (Å²) >= 11 is 0. The van der Waals surface area contributed by atoms with Gasteiger partial charge in [-0.05, 0) is 30.2 Å². The van der Waals surface area contributed by atoms with Gasteiger partial charge in [0.05, 0.1) is 12.3 Å². The molecular weight excluding hydrogens is 261 g/mol. The molecule has 0 bridgehead atoms. The summed E-state index contributed by atoms with van der Waals surface area (Å²) < 4.78 is 19.2. The standard InChI is InChI=1S/C15H18FNO3/c1-20-10-12-6-7-17(9-12)14-4-2-11(8-13(14)16)3-5-15(18)19/h2-5,8,12H,6-7,9-10H2,1H3,(H,18,19). The van der Waals surface area contributed by atoms with Crippen LogP contribution in [0.15, 0.2) is 24.3 Å².